The van der Waals surface area contributed by atoms with Gasteiger partial charge in [-0.3, -0.25) is 4.99 Å². The highest BCUT2D eigenvalue weighted by Gasteiger charge is 2.16. The number of aryl methyl sites for hydroxylation is 1. The minimum Gasteiger partial charge on any atom is -0.356 e. The summed E-state index contributed by atoms with van der Waals surface area (Å²) < 4.78 is 5.45. The Hall–Kier alpha value is -2.02. The van der Waals surface area contributed by atoms with E-state index >= 15 is 0 Å². The largest absolute Gasteiger partial charge is 0.356 e. The Morgan fingerprint density at radius 2 is 1.96 bits per heavy atom. The van der Waals surface area contributed by atoms with Gasteiger partial charge in [0, 0.05) is 36.9 Å². The molecule has 0 atom stereocenters. The fourth-order valence-corrected chi connectivity index (χ4v) is 2.46. The van der Waals surface area contributed by atoms with Gasteiger partial charge in [0.15, 0.2) is 11.8 Å². The van der Waals surface area contributed by atoms with Crippen molar-refractivity contribution < 1.29 is 4.52 Å². The molecule has 0 saturated heterocycles. The van der Waals surface area contributed by atoms with Crippen molar-refractivity contribution in [2.75, 3.05) is 26.4 Å². The quantitative estimate of drug-likeness (QED) is 0.545. The third-order valence-electron chi connectivity index (χ3n) is 4.15. The lowest BCUT2D eigenvalue weighted by Gasteiger charge is -2.23. The minimum absolute atomic E-state index is 0.180. The lowest BCUT2D eigenvalue weighted by Crippen LogP contribution is -2.43. The standard InChI is InChI=1S/C19H29N5OS/c1-6-16-23-17(25-24-16)15-9-7-14(8-10-15)11-12-21-18(20-4)22-13-19(2,3)26-5/h7-10H,6,11-13H2,1-5H3,(H2,20,21,22). The van der Waals surface area contributed by atoms with Crippen molar-refractivity contribution in [3.63, 3.8) is 0 Å². The van der Waals surface area contributed by atoms with E-state index in [2.05, 4.69) is 58.0 Å². The van der Waals surface area contributed by atoms with Crippen molar-refractivity contribution >= 4 is 17.7 Å². The van der Waals surface area contributed by atoms with Gasteiger partial charge >= 0.3 is 0 Å². The summed E-state index contributed by atoms with van der Waals surface area (Å²) >= 11 is 1.84. The number of nitrogens with one attached hydrogen (secondary N) is 2. The van der Waals surface area contributed by atoms with E-state index in [1.54, 1.807) is 7.05 Å². The second-order valence-electron chi connectivity index (χ2n) is 6.63. The highest BCUT2D eigenvalue weighted by Crippen LogP contribution is 2.19. The molecule has 6 nitrogen and oxygen atoms in total. The molecule has 2 rings (SSSR count). The van der Waals surface area contributed by atoms with E-state index in [0.29, 0.717) is 5.89 Å². The fourth-order valence-electron chi connectivity index (χ4n) is 2.24. The Labute approximate surface area is 160 Å². The maximum Gasteiger partial charge on any atom is 0.257 e. The molecular weight excluding hydrogens is 346 g/mol. The Bertz CT molecular complexity index is 709. The molecule has 0 unspecified atom stereocenters. The molecule has 0 aliphatic rings. The summed E-state index contributed by atoms with van der Waals surface area (Å²) in [5.41, 5.74) is 2.20. The fraction of sp³-hybridized carbons (Fsp3) is 0.526. The van der Waals surface area contributed by atoms with E-state index in [4.69, 9.17) is 4.52 Å². The zero-order chi connectivity index (χ0) is 19.0. The average molecular weight is 376 g/mol. The summed E-state index contributed by atoms with van der Waals surface area (Å²) in [4.78, 5) is 8.63. The van der Waals surface area contributed by atoms with Crippen LogP contribution in [-0.2, 0) is 12.8 Å². The summed E-state index contributed by atoms with van der Waals surface area (Å²) in [5.74, 6) is 2.14. The van der Waals surface area contributed by atoms with Crippen LogP contribution in [0.3, 0.4) is 0 Å². The van der Waals surface area contributed by atoms with Crippen LogP contribution in [0.4, 0.5) is 0 Å². The first kappa shape index (κ1) is 20.3. The molecule has 0 saturated carbocycles. The Morgan fingerprint density at radius 3 is 2.54 bits per heavy atom. The first-order chi connectivity index (χ1) is 12.5. The SMILES string of the molecule is CCc1noc(-c2ccc(CCNC(=NC)NCC(C)(C)SC)cc2)n1. The second kappa shape index (κ2) is 9.62. The zero-order valence-electron chi connectivity index (χ0n) is 16.3. The van der Waals surface area contributed by atoms with Crippen LogP contribution in [0.5, 0.6) is 0 Å². The molecule has 1 aromatic carbocycles. The monoisotopic (exact) mass is 375 g/mol. The molecule has 7 heteroatoms. The van der Waals surface area contributed by atoms with Gasteiger partial charge in [-0.25, -0.2) is 0 Å². The number of guanidine groups is 1. The molecule has 1 heterocycles. The first-order valence-corrected chi connectivity index (χ1v) is 10.1. The number of hydrogen-bond acceptors (Lipinski definition) is 5. The van der Waals surface area contributed by atoms with Crippen LogP contribution in [0.1, 0.15) is 32.2 Å². The highest BCUT2D eigenvalue weighted by atomic mass is 32.2. The Kier molecular flexibility index (Phi) is 7.50. The predicted octanol–water partition coefficient (Wildman–Crippen LogP) is 3.15. The van der Waals surface area contributed by atoms with Gasteiger partial charge in [-0.1, -0.05) is 24.2 Å². The second-order valence-corrected chi connectivity index (χ2v) is 8.15. The van der Waals surface area contributed by atoms with Gasteiger partial charge in [0.1, 0.15) is 0 Å². The third-order valence-corrected chi connectivity index (χ3v) is 5.40. The first-order valence-electron chi connectivity index (χ1n) is 8.89. The van der Waals surface area contributed by atoms with Gasteiger partial charge in [-0.2, -0.15) is 16.7 Å². The van der Waals surface area contributed by atoms with E-state index in [0.717, 1.165) is 43.3 Å². The van der Waals surface area contributed by atoms with Crippen molar-refractivity contribution in [1.29, 1.82) is 0 Å². The number of hydrogen-bond donors (Lipinski definition) is 2. The molecule has 2 N–H and O–H groups in total. The van der Waals surface area contributed by atoms with Gasteiger partial charge in [0.2, 0.25) is 0 Å². The minimum atomic E-state index is 0.180. The predicted molar refractivity (Wildman–Crippen MR) is 110 cm³/mol. The maximum atomic E-state index is 5.27. The molecule has 0 radical (unpaired) electrons. The lowest BCUT2D eigenvalue weighted by atomic mass is 10.1. The summed E-state index contributed by atoms with van der Waals surface area (Å²) in [6.45, 7) is 8.12. The molecule has 1 aromatic heterocycles. The van der Waals surface area contributed by atoms with E-state index in [1.807, 2.05) is 30.8 Å². The number of thioether (sulfide) groups is 1. The number of rotatable bonds is 8. The van der Waals surface area contributed by atoms with E-state index in [9.17, 15) is 0 Å². The molecule has 0 aliphatic heterocycles. The van der Waals surface area contributed by atoms with Crippen LogP contribution in [0.25, 0.3) is 11.5 Å². The van der Waals surface area contributed by atoms with Gasteiger partial charge in [-0.05, 0) is 44.2 Å². The number of benzene rings is 1. The van der Waals surface area contributed by atoms with Crippen molar-refractivity contribution in [1.82, 2.24) is 20.8 Å². The van der Waals surface area contributed by atoms with Crippen LogP contribution < -0.4 is 10.6 Å². The van der Waals surface area contributed by atoms with E-state index in [1.165, 1.54) is 5.56 Å². The Balaban J connectivity index is 1.82. The van der Waals surface area contributed by atoms with Gasteiger partial charge < -0.3 is 15.2 Å². The summed E-state index contributed by atoms with van der Waals surface area (Å²) in [6.07, 6.45) is 3.81. The summed E-state index contributed by atoms with van der Waals surface area (Å²) in [5, 5.41) is 10.7. The van der Waals surface area contributed by atoms with Gasteiger partial charge in [-0.15, -0.1) is 0 Å². The smallest absolute Gasteiger partial charge is 0.257 e. The molecule has 0 amide bonds. The van der Waals surface area contributed by atoms with Crippen LogP contribution in [-0.4, -0.2) is 47.2 Å². The molecule has 0 spiro atoms. The highest BCUT2D eigenvalue weighted by molar-refractivity contribution is 7.99. The summed E-state index contributed by atoms with van der Waals surface area (Å²) in [7, 11) is 1.80. The third kappa shape index (κ3) is 6.05. The number of aliphatic imine (C=N–C) groups is 1. The molecule has 142 valence electrons. The Morgan fingerprint density at radius 1 is 1.23 bits per heavy atom. The van der Waals surface area contributed by atoms with Gasteiger partial charge in [0.05, 0.1) is 0 Å². The molecule has 26 heavy (non-hydrogen) atoms. The molecule has 2 aromatic rings. The van der Waals surface area contributed by atoms with Crippen LogP contribution >= 0.6 is 11.8 Å². The topological polar surface area (TPSA) is 75.3 Å². The lowest BCUT2D eigenvalue weighted by molar-refractivity contribution is 0.423. The van der Waals surface area contributed by atoms with Crippen molar-refractivity contribution in [2.24, 2.45) is 4.99 Å². The van der Waals surface area contributed by atoms with Crippen molar-refractivity contribution in [3.05, 3.63) is 35.7 Å². The van der Waals surface area contributed by atoms with Gasteiger partial charge in [0.25, 0.3) is 5.89 Å². The molecule has 0 fully saturated rings. The van der Waals surface area contributed by atoms with E-state index < -0.39 is 0 Å². The molecule has 0 bridgehead atoms. The van der Waals surface area contributed by atoms with Crippen LogP contribution in [0.2, 0.25) is 0 Å². The molecular formula is C19H29N5OS. The van der Waals surface area contributed by atoms with Crippen LogP contribution in [0, 0.1) is 0 Å². The zero-order valence-corrected chi connectivity index (χ0v) is 17.1. The maximum absolute atomic E-state index is 5.27. The number of aromatic nitrogens is 2. The normalized spacial score (nSPS) is 12.3. The van der Waals surface area contributed by atoms with E-state index in [-0.39, 0.29) is 4.75 Å². The van der Waals surface area contributed by atoms with Crippen LogP contribution in [0.15, 0.2) is 33.8 Å². The van der Waals surface area contributed by atoms with Crippen molar-refractivity contribution in [3.8, 4) is 11.5 Å². The summed E-state index contributed by atoms with van der Waals surface area (Å²) in [6, 6.07) is 8.24. The molecule has 0 aliphatic carbocycles. The number of nitrogens with zero attached hydrogens (tertiary/aromatic N) is 3. The van der Waals surface area contributed by atoms with Crippen molar-refractivity contribution in [2.45, 2.75) is 38.4 Å². The average Bonchev–Trinajstić information content (AvgIpc) is 3.14.